The van der Waals surface area contributed by atoms with Crippen LogP contribution in [0.25, 0.3) is 0 Å². The number of aryl methyl sites for hydroxylation is 1. The van der Waals surface area contributed by atoms with Gasteiger partial charge in [0, 0.05) is 32.6 Å². The molecule has 1 aliphatic rings. The molecule has 1 saturated heterocycles. The highest BCUT2D eigenvalue weighted by Crippen LogP contribution is 2.12. The highest BCUT2D eigenvalue weighted by molar-refractivity contribution is 5.43. The molecule has 1 aliphatic heterocycles. The topological polar surface area (TPSA) is 80.3 Å². The Morgan fingerprint density at radius 1 is 1.23 bits per heavy atom. The van der Waals surface area contributed by atoms with E-state index in [1.54, 1.807) is 19.2 Å². The van der Waals surface area contributed by atoms with E-state index in [1.807, 2.05) is 0 Å². The van der Waals surface area contributed by atoms with Crippen molar-refractivity contribution in [3.05, 3.63) is 34.4 Å². The van der Waals surface area contributed by atoms with E-state index in [-0.39, 0.29) is 12.1 Å². The minimum absolute atomic E-state index is 0.161. The number of hydrogen-bond acceptors (Lipinski definition) is 7. The van der Waals surface area contributed by atoms with Gasteiger partial charge in [-0.25, -0.2) is 4.68 Å². The maximum absolute atomic E-state index is 12.2. The minimum atomic E-state index is -0.161. The molecule has 0 amide bonds. The van der Waals surface area contributed by atoms with Crippen LogP contribution in [-0.4, -0.2) is 58.1 Å². The lowest BCUT2D eigenvalue weighted by Crippen LogP contribution is -2.31. The van der Waals surface area contributed by atoms with Crippen LogP contribution in [0.2, 0.25) is 0 Å². The first kappa shape index (κ1) is 14.7. The predicted molar refractivity (Wildman–Crippen MR) is 81.0 cm³/mol. The molecule has 3 heterocycles. The van der Waals surface area contributed by atoms with E-state index in [4.69, 9.17) is 4.42 Å². The summed E-state index contributed by atoms with van der Waals surface area (Å²) in [4.78, 5) is 16.7. The molecule has 1 fully saturated rings. The van der Waals surface area contributed by atoms with Gasteiger partial charge < -0.3 is 14.2 Å². The van der Waals surface area contributed by atoms with Gasteiger partial charge in [-0.2, -0.15) is 5.10 Å². The molecule has 118 valence electrons. The van der Waals surface area contributed by atoms with Gasteiger partial charge in [-0.1, -0.05) is 0 Å². The Morgan fingerprint density at radius 3 is 2.82 bits per heavy atom. The van der Waals surface area contributed by atoms with E-state index < -0.39 is 0 Å². The van der Waals surface area contributed by atoms with Crippen LogP contribution in [0.1, 0.15) is 18.2 Å². The summed E-state index contributed by atoms with van der Waals surface area (Å²) in [5.41, 5.74) is 0.712. The van der Waals surface area contributed by atoms with Gasteiger partial charge in [-0.05, 0) is 20.0 Å². The van der Waals surface area contributed by atoms with Gasteiger partial charge in [0.15, 0.2) is 0 Å². The van der Waals surface area contributed by atoms with Gasteiger partial charge in [-0.3, -0.25) is 4.79 Å². The molecular formula is C14H20N6O2. The van der Waals surface area contributed by atoms with Gasteiger partial charge >= 0.3 is 0 Å². The molecule has 2 aromatic rings. The Morgan fingerprint density at radius 2 is 2.09 bits per heavy atom. The number of hydrogen-bond donors (Lipinski definition) is 0. The summed E-state index contributed by atoms with van der Waals surface area (Å²) in [6.45, 7) is 5.83. The Bertz CT molecular complexity index is 695. The number of nitrogens with zero attached hydrogens (tertiary/aromatic N) is 6. The third kappa shape index (κ3) is 3.33. The molecule has 0 N–H and O–H groups in total. The fraction of sp³-hybridized carbons (Fsp3) is 0.571. The van der Waals surface area contributed by atoms with Crippen molar-refractivity contribution in [3.8, 4) is 0 Å². The molecule has 2 aromatic heterocycles. The standard InChI is InChI=1S/C14H20N6O2/c1-11-16-17-13(22-11)10-20-14(21)8-12(9-15-20)19-5-3-4-18(2)6-7-19/h8-9H,3-7,10H2,1-2H3. The zero-order valence-corrected chi connectivity index (χ0v) is 12.9. The SMILES string of the molecule is Cc1nnc(Cn2ncc(N3CCCN(C)CC3)cc2=O)o1. The van der Waals surface area contributed by atoms with Crippen molar-refractivity contribution in [2.75, 3.05) is 38.1 Å². The second-order valence-electron chi connectivity index (χ2n) is 5.57. The van der Waals surface area contributed by atoms with E-state index >= 15 is 0 Å². The molecule has 0 bridgehead atoms. The van der Waals surface area contributed by atoms with E-state index in [0.29, 0.717) is 11.8 Å². The van der Waals surface area contributed by atoms with Gasteiger partial charge in [0.25, 0.3) is 5.56 Å². The first-order valence-corrected chi connectivity index (χ1v) is 7.41. The Kier molecular flexibility index (Phi) is 4.19. The molecule has 8 nitrogen and oxygen atoms in total. The summed E-state index contributed by atoms with van der Waals surface area (Å²) in [5, 5.41) is 11.9. The van der Waals surface area contributed by atoms with Crippen LogP contribution >= 0.6 is 0 Å². The molecule has 0 unspecified atom stereocenters. The molecule has 0 saturated carbocycles. The summed E-state index contributed by atoms with van der Waals surface area (Å²) in [7, 11) is 2.12. The maximum atomic E-state index is 12.2. The number of anilines is 1. The quantitative estimate of drug-likeness (QED) is 0.797. The monoisotopic (exact) mass is 304 g/mol. The van der Waals surface area contributed by atoms with E-state index in [2.05, 4.69) is 32.1 Å². The molecule has 8 heteroatoms. The van der Waals surface area contributed by atoms with Crippen LogP contribution in [0.4, 0.5) is 5.69 Å². The third-order valence-electron chi connectivity index (χ3n) is 3.79. The molecule has 0 aliphatic carbocycles. The van der Waals surface area contributed by atoms with Crippen molar-refractivity contribution >= 4 is 5.69 Å². The average Bonchev–Trinajstić information content (AvgIpc) is 2.77. The maximum Gasteiger partial charge on any atom is 0.269 e. The zero-order chi connectivity index (χ0) is 15.5. The van der Waals surface area contributed by atoms with Gasteiger partial charge in [0.1, 0.15) is 6.54 Å². The molecular weight excluding hydrogens is 284 g/mol. The highest BCUT2D eigenvalue weighted by atomic mass is 16.4. The van der Waals surface area contributed by atoms with Gasteiger partial charge in [-0.15, -0.1) is 10.2 Å². The first-order chi connectivity index (χ1) is 10.6. The van der Waals surface area contributed by atoms with Gasteiger partial charge in [0.2, 0.25) is 11.8 Å². The summed E-state index contributed by atoms with van der Waals surface area (Å²) >= 11 is 0. The van der Waals surface area contributed by atoms with Crippen molar-refractivity contribution < 1.29 is 4.42 Å². The second-order valence-corrected chi connectivity index (χ2v) is 5.57. The lowest BCUT2D eigenvalue weighted by Gasteiger charge is -2.22. The summed E-state index contributed by atoms with van der Waals surface area (Å²) in [6, 6.07) is 1.63. The Labute approximate surface area is 128 Å². The normalized spacial score (nSPS) is 16.7. The summed E-state index contributed by atoms with van der Waals surface area (Å²) < 4.78 is 6.61. The molecule has 0 spiro atoms. The third-order valence-corrected chi connectivity index (χ3v) is 3.79. The smallest absolute Gasteiger partial charge is 0.269 e. The van der Waals surface area contributed by atoms with Crippen molar-refractivity contribution in [1.29, 1.82) is 0 Å². The average molecular weight is 304 g/mol. The molecule has 3 rings (SSSR count). The van der Waals surface area contributed by atoms with Crippen LogP contribution in [0.15, 0.2) is 21.5 Å². The Balaban J connectivity index is 1.75. The largest absolute Gasteiger partial charge is 0.424 e. The number of likely N-dealkylation sites (N-methyl/N-ethyl adjacent to an activating group) is 1. The molecule has 0 radical (unpaired) electrons. The molecule has 0 atom stereocenters. The first-order valence-electron chi connectivity index (χ1n) is 7.41. The van der Waals surface area contributed by atoms with E-state index in [9.17, 15) is 4.79 Å². The zero-order valence-electron chi connectivity index (χ0n) is 12.9. The van der Waals surface area contributed by atoms with E-state index in [0.717, 1.165) is 38.3 Å². The highest BCUT2D eigenvalue weighted by Gasteiger charge is 2.14. The number of aromatic nitrogens is 4. The minimum Gasteiger partial charge on any atom is -0.424 e. The number of rotatable bonds is 3. The van der Waals surface area contributed by atoms with Crippen molar-refractivity contribution in [1.82, 2.24) is 24.9 Å². The van der Waals surface area contributed by atoms with Crippen LogP contribution in [0, 0.1) is 6.92 Å². The lowest BCUT2D eigenvalue weighted by molar-refractivity contribution is 0.360. The van der Waals surface area contributed by atoms with Crippen molar-refractivity contribution in [2.45, 2.75) is 19.9 Å². The Hall–Kier alpha value is -2.22. The van der Waals surface area contributed by atoms with E-state index in [1.165, 1.54) is 4.68 Å². The van der Waals surface area contributed by atoms with Crippen LogP contribution in [0.3, 0.4) is 0 Å². The summed E-state index contributed by atoms with van der Waals surface area (Å²) in [6.07, 6.45) is 2.82. The lowest BCUT2D eigenvalue weighted by atomic mass is 10.3. The summed E-state index contributed by atoms with van der Waals surface area (Å²) in [5.74, 6) is 0.865. The van der Waals surface area contributed by atoms with Crippen LogP contribution in [-0.2, 0) is 6.54 Å². The van der Waals surface area contributed by atoms with Crippen molar-refractivity contribution in [2.24, 2.45) is 0 Å². The van der Waals surface area contributed by atoms with Crippen molar-refractivity contribution in [3.63, 3.8) is 0 Å². The fourth-order valence-corrected chi connectivity index (χ4v) is 2.55. The fourth-order valence-electron chi connectivity index (χ4n) is 2.55. The van der Waals surface area contributed by atoms with Crippen LogP contribution in [0.5, 0.6) is 0 Å². The molecule has 22 heavy (non-hydrogen) atoms. The predicted octanol–water partition coefficient (Wildman–Crippen LogP) is 0.125. The second kappa shape index (κ2) is 6.27. The van der Waals surface area contributed by atoms with Crippen LogP contribution < -0.4 is 10.5 Å². The van der Waals surface area contributed by atoms with Gasteiger partial charge in [0.05, 0.1) is 11.9 Å². The molecule has 0 aromatic carbocycles.